The quantitative estimate of drug-likeness (QED) is 0.679. The van der Waals surface area contributed by atoms with E-state index < -0.39 is 15.8 Å². The van der Waals surface area contributed by atoms with E-state index in [2.05, 4.69) is 10.1 Å². The Morgan fingerprint density at radius 2 is 2.00 bits per heavy atom. The van der Waals surface area contributed by atoms with E-state index in [1.807, 2.05) is 6.92 Å². The van der Waals surface area contributed by atoms with E-state index in [9.17, 15) is 13.2 Å². The smallest absolute Gasteiger partial charge is 0.306 e. The molecule has 5 nitrogen and oxygen atoms in total. The number of sulfone groups is 1. The van der Waals surface area contributed by atoms with Crippen molar-refractivity contribution in [2.24, 2.45) is 5.92 Å². The molecule has 0 amide bonds. The molecule has 0 aromatic rings. The number of hydrogen-bond donors (Lipinski definition) is 1. The van der Waals surface area contributed by atoms with Crippen LogP contribution in [0, 0.1) is 5.92 Å². The first kappa shape index (κ1) is 16.4. The molecule has 1 unspecified atom stereocenters. The first-order valence-corrected chi connectivity index (χ1v) is 8.81. The number of ether oxygens (including phenoxy) is 1. The summed E-state index contributed by atoms with van der Waals surface area (Å²) in [4.78, 5) is 11.0. The second-order valence-electron chi connectivity index (χ2n) is 5.15. The lowest BCUT2D eigenvalue weighted by Crippen LogP contribution is -2.41. The van der Waals surface area contributed by atoms with Crippen molar-refractivity contribution >= 4 is 15.8 Å². The van der Waals surface area contributed by atoms with E-state index in [0.29, 0.717) is 5.92 Å². The summed E-state index contributed by atoms with van der Waals surface area (Å²) in [5.41, 5.74) is 0. The lowest BCUT2D eigenvalue weighted by atomic mass is 10.00. The number of methoxy groups -OCH3 is 1. The van der Waals surface area contributed by atoms with Crippen LogP contribution in [0.3, 0.4) is 0 Å². The lowest BCUT2D eigenvalue weighted by Gasteiger charge is -2.24. The molecule has 0 radical (unpaired) electrons. The Morgan fingerprint density at radius 3 is 2.53 bits per heavy atom. The highest BCUT2D eigenvalue weighted by Crippen LogP contribution is 2.28. The summed E-state index contributed by atoms with van der Waals surface area (Å²) in [6.45, 7) is 2.76. The minimum atomic E-state index is -3.21. The molecule has 1 aliphatic rings. The minimum absolute atomic E-state index is 0.0233. The molecule has 19 heavy (non-hydrogen) atoms. The largest absolute Gasteiger partial charge is 0.469 e. The van der Waals surface area contributed by atoms with E-state index in [4.69, 9.17) is 0 Å². The fraction of sp³-hybridized carbons (Fsp3) is 0.923. The van der Waals surface area contributed by atoms with Gasteiger partial charge in [-0.05, 0) is 25.3 Å². The van der Waals surface area contributed by atoms with Crippen molar-refractivity contribution in [2.45, 2.75) is 45.1 Å². The molecule has 112 valence electrons. The van der Waals surface area contributed by atoms with Crippen LogP contribution in [-0.4, -0.2) is 45.6 Å². The number of esters is 1. The van der Waals surface area contributed by atoms with E-state index in [-0.39, 0.29) is 24.0 Å². The molecule has 0 saturated heterocycles. The second-order valence-corrected chi connectivity index (χ2v) is 7.38. The van der Waals surface area contributed by atoms with Crippen LogP contribution < -0.4 is 5.32 Å². The summed E-state index contributed by atoms with van der Waals surface area (Å²) in [5, 5.41) is 3.29. The number of nitrogens with one attached hydrogen (secondary N) is 1. The van der Waals surface area contributed by atoms with Crippen LogP contribution in [-0.2, 0) is 19.4 Å². The molecular formula is C13H25NO4S. The van der Waals surface area contributed by atoms with Gasteiger partial charge in [-0.1, -0.05) is 19.8 Å². The van der Waals surface area contributed by atoms with Gasteiger partial charge in [-0.25, -0.2) is 8.42 Å². The summed E-state index contributed by atoms with van der Waals surface area (Å²) in [5.74, 6) is -0.00569. The molecule has 0 bridgehead atoms. The van der Waals surface area contributed by atoms with Crippen molar-refractivity contribution < 1.29 is 17.9 Å². The Labute approximate surface area is 116 Å². The topological polar surface area (TPSA) is 72.5 Å². The van der Waals surface area contributed by atoms with Crippen LogP contribution in [0.1, 0.15) is 39.0 Å². The summed E-state index contributed by atoms with van der Waals surface area (Å²) < 4.78 is 28.6. The summed E-state index contributed by atoms with van der Waals surface area (Å²) in [7, 11) is -1.94. The van der Waals surface area contributed by atoms with E-state index in [1.54, 1.807) is 0 Å². The Morgan fingerprint density at radius 1 is 1.37 bits per heavy atom. The van der Waals surface area contributed by atoms with Gasteiger partial charge < -0.3 is 10.1 Å². The molecule has 0 aromatic carbocycles. The molecular weight excluding hydrogens is 266 g/mol. The lowest BCUT2D eigenvalue weighted by molar-refractivity contribution is -0.140. The third-order valence-electron chi connectivity index (χ3n) is 3.71. The maximum atomic E-state index is 12.0. The monoisotopic (exact) mass is 291 g/mol. The van der Waals surface area contributed by atoms with Crippen LogP contribution in [0.5, 0.6) is 0 Å². The normalized spacial score (nSPS) is 18.4. The molecule has 1 rings (SSSR count). The summed E-state index contributed by atoms with van der Waals surface area (Å²) in [6, 6.07) is 0.0233. The number of carbonyl (C=O) groups is 1. The third-order valence-corrected chi connectivity index (χ3v) is 5.41. The zero-order chi connectivity index (χ0) is 14.3. The van der Waals surface area contributed by atoms with Gasteiger partial charge >= 0.3 is 5.97 Å². The first-order valence-electron chi connectivity index (χ1n) is 6.99. The first-order chi connectivity index (χ1) is 8.98. The molecule has 1 fully saturated rings. The van der Waals surface area contributed by atoms with E-state index in [1.165, 1.54) is 20.0 Å². The van der Waals surface area contributed by atoms with E-state index >= 15 is 0 Å². The number of rotatable bonds is 8. The van der Waals surface area contributed by atoms with Gasteiger partial charge in [0, 0.05) is 6.04 Å². The Hall–Kier alpha value is -0.620. The zero-order valence-electron chi connectivity index (χ0n) is 11.9. The van der Waals surface area contributed by atoms with Crippen LogP contribution in [0.15, 0.2) is 0 Å². The van der Waals surface area contributed by atoms with Crippen LogP contribution in [0.4, 0.5) is 0 Å². The SMILES string of the molecule is CCNC(CS(=O)(=O)CCC(=O)OC)C1CCCC1. The maximum absolute atomic E-state index is 12.0. The number of carbonyl (C=O) groups excluding carboxylic acids is 1. The molecule has 0 aliphatic heterocycles. The molecule has 1 N–H and O–H groups in total. The van der Waals surface area contributed by atoms with Crippen molar-refractivity contribution in [2.75, 3.05) is 25.2 Å². The predicted octanol–water partition coefficient (Wildman–Crippen LogP) is 1.13. The van der Waals surface area contributed by atoms with Crippen molar-refractivity contribution in [3.63, 3.8) is 0 Å². The second kappa shape index (κ2) is 7.85. The average molecular weight is 291 g/mol. The Kier molecular flexibility index (Phi) is 6.79. The maximum Gasteiger partial charge on any atom is 0.306 e. The molecule has 0 heterocycles. The van der Waals surface area contributed by atoms with Gasteiger partial charge in [0.1, 0.15) is 0 Å². The third kappa shape index (κ3) is 5.91. The molecule has 1 saturated carbocycles. The zero-order valence-corrected chi connectivity index (χ0v) is 12.7. The molecule has 6 heteroatoms. The standard InChI is InChI=1S/C13H25NO4S/c1-3-14-12(11-6-4-5-7-11)10-19(16,17)9-8-13(15)18-2/h11-12,14H,3-10H2,1-2H3. The van der Waals surface area contributed by atoms with Gasteiger partial charge in [-0.2, -0.15) is 0 Å². The predicted molar refractivity (Wildman–Crippen MR) is 74.7 cm³/mol. The Balaban J connectivity index is 2.53. The highest BCUT2D eigenvalue weighted by molar-refractivity contribution is 7.91. The fourth-order valence-corrected chi connectivity index (χ4v) is 4.26. The minimum Gasteiger partial charge on any atom is -0.469 e. The summed E-state index contributed by atoms with van der Waals surface area (Å²) >= 11 is 0. The van der Waals surface area contributed by atoms with Gasteiger partial charge in [-0.3, -0.25) is 4.79 Å². The van der Waals surface area contributed by atoms with Crippen molar-refractivity contribution in [3.8, 4) is 0 Å². The van der Waals surface area contributed by atoms with Crippen LogP contribution in [0.25, 0.3) is 0 Å². The van der Waals surface area contributed by atoms with E-state index in [0.717, 1.165) is 19.4 Å². The van der Waals surface area contributed by atoms with Crippen LogP contribution >= 0.6 is 0 Å². The molecule has 1 aliphatic carbocycles. The van der Waals surface area contributed by atoms with Gasteiger partial charge in [0.2, 0.25) is 0 Å². The molecule has 1 atom stereocenters. The van der Waals surface area contributed by atoms with Gasteiger partial charge in [0.05, 0.1) is 25.0 Å². The van der Waals surface area contributed by atoms with Gasteiger partial charge in [0.25, 0.3) is 0 Å². The van der Waals surface area contributed by atoms with Gasteiger partial charge in [0.15, 0.2) is 9.84 Å². The van der Waals surface area contributed by atoms with Gasteiger partial charge in [-0.15, -0.1) is 0 Å². The van der Waals surface area contributed by atoms with Crippen LogP contribution in [0.2, 0.25) is 0 Å². The highest BCUT2D eigenvalue weighted by Gasteiger charge is 2.28. The van der Waals surface area contributed by atoms with Crippen molar-refractivity contribution in [1.29, 1.82) is 0 Å². The Bertz CT molecular complexity index is 374. The number of hydrogen-bond acceptors (Lipinski definition) is 5. The summed E-state index contributed by atoms with van der Waals surface area (Å²) in [6.07, 6.45) is 4.53. The van der Waals surface area contributed by atoms with Crippen molar-refractivity contribution in [3.05, 3.63) is 0 Å². The molecule has 0 spiro atoms. The highest BCUT2D eigenvalue weighted by atomic mass is 32.2. The molecule has 0 aromatic heterocycles. The van der Waals surface area contributed by atoms with Crippen molar-refractivity contribution in [1.82, 2.24) is 5.32 Å². The average Bonchev–Trinajstić information content (AvgIpc) is 2.89. The fourth-order valence-electron chi connectivity index (χ4n) is 2.68.